The minimum absolute atomic E-state index is 0.0279. The van der Waals surface area contributed by atoms with E-state index < -0.39 is 27.0 Å². The number of hydrogen-bond acceptors (Lipinski definition) is 2. The lowest BCUT2D eigenvalue weighted by Crippen LogP contribution is -2.66. The molecule has 9 aromatic rings. The Hall–Kier alpha value is -5.05. The SMILES string of the molecule is CC(C)(C)c1ccc2c(c1)c1cc(C(C)(C)C)ccc1n2-c1cc2c(s1)C1(c3ccccc3[Si](C)(C)c3ccccc31)c1ccsc1C21c2ccccc2[Si](C)(C)c2ccccc21. The molecule has 6 aromatic carbocycles. The van der Waals surface area contributed by atoms with Crippen molar-refractivity contribution in [1.29, 1.82) is 0 Å². The molecule has 0 N–H and O–H groups in total. The molecule has 0 fully saturated rings. The van der Waals surface area contributed by atoms with E-state index in [0.717, 1.165) is 0 Å². The Morgan fingerprint density at radius 1 is 0.429 bits per heavy atom. The average Bonchev–Trinajstić information content (AvgIpc) is 4.02. The zero-order chi connectivity index (χ0) is 43.6. The van der Waals surface area contributed by atoms with Crippen molar-refractivity contribution >= 4 is 81.4 Å². The van der Waals surface area contributed by atoms with Gasteiger partial charge in [-0.2, -0.15) is 0 Å². The third-order valence-corrected chi connectivity index (χ3v) is 25.0. The lowest BCUT2D eigenvalue weighted by atomic mass is 9.55. The molecule has 0 unspecified atom stereocenters. The van der Waals surface area contributed by atoms with Gasteiger partial charge in [-0.3, -0.25) is 0 Å². The molecule has 3 aromatic heterocycles. The predicted octanol–water partition coefficient (Wildman–Crippen LogP) is 12.9. The van der Waals surface area contributed by atoms with E-state index in [-0.39, 0.29) is 10.8 Å². The summed E-state index contributed by atoms with van der Waals surface area (Å²) in [5.74, 6) is 0. The van der Waals surface area contributed by atoms with E-state index >= 15 is 0 Å². The fraction of sp³-hybridized carbons (Fsp3) is 0.241. The molecule has 5 heteroatoms. The van der Waals surface area contributed by atoms with Crippen molar-refractivity contribution in [3.8, 4) is 5.00 Å². The van der Waals surface area contributed by atoms with E-state index in [0.29, 0.717) is 0 Å². The van der Waals surface area contributed by atoms with E-state index in [9.17, 15) is 0 Å². The van der Waals surface area contributed by atoms with Crippen LogP contribution in [0.1, 0.15) is 95.8 Å². The Kier molecular flexibility index (Phi) is 8.04. The highest BCUT2D eigenvalue weighted by molar-refractivity contribution is 7.15. The Balaban J connectivity index is 1.29. The van der Waals surface area contributed by atoms with Crippen LogP contribution in [0.2, 0.25) is 26.2 Å². The van der Waals surface area contributed by atoms with Crippen LogP contribution in [-0.2, 0) is 21.7 Å². The van der Waals surface area contributed by atoms with E-state index in [1.807, 2.05) is 11.3 Å². The molecule has 0 bridgehead atoms. The number of benzene rings is 6. The summed E-state index contributed by atoms with van der Waals surface area (Å²) in [5.41, 5.74) is 13.2. The van der Waals surface area contributed by atoms with Gasteiger partial charge in [0.1, 0.15) is 21.1 Å². The first kappa shape index (κ1) is 39.5. The van der Waals surface area contributed by atoms with Gasteiger partial charge in [-0.25, -0.2) is 0 Å². The Morgan fingerprint density at radius 2 is 0.825 bits per heavy atom. The zero-order valence-electron chi connectivity index (χ0n) is 38.2. The van der Waals surface area contributed by atoms with Gasteiger partial charge in [-0.15, -0.1) is 22.7 Å². The molecule has 0 atom stereocenters. The van der Waals surface area contributed by atoms with Crippen molar-refractivity contribution < 1.29 is 0 Å². The lowest BCUT2D eigenvalue weighted by Gasteiger charge is -2.54. The van der Waals surface area contributed by atoms with Crippen molar-refractivity contribution in [3.05, 3.63) is 205 Å². The lowest BCUT2D eigenvalue weighted by molar-refractivity contribution is 0.590. The van der Waals surface area contributed by atoms with E-state index in [1.54, 1.807) is 20.7 Å². The normalized spacial score (nSPS) is 17.2. The number of fused-ring (bicyclic) bond motifs is 17. The van der Waals surface area contributed by atoms with Crippen LogP contribution in [0.3, 0.4) is 0 Å². The maximum atomic E-state index is 2.68. The highest BCUT2D eigenvalue weighted by Gasteiger charge is 2.62. The summed E-state index contributed by atoms with van der Waals surface area (Å²) in [4.78, 5) is 2.94. The fourth-order valence-electron chi connectivity index (χ4n) is 12.4. The first-order valence-electron chi connectivity index (χ1n) is 22.8. The third kappa shape index (κ3) is 4.92. The summed E-state index contributed by atoms with van der Waals surface area (Å²) in [6.07, 6.45) is 0. The van der Waals surface area contributed by atoms with Crippen LogP contribution in [0.15, 0.2) is 151 Å². The summed E-state index contributed by atoms with van der Waals surface area (Å²) in [6.45, 7) is 24.3. The number of aromatic nitrogens is 1. The summed E-state index contributed by atoms with van der Waals surface area (Å²) < 4.78 is 2.64. The molecular formula is C58H55NS2Si2. The molecule has 1 nitrogen and oxygen atoms in total. The molecule has 1 aliphatic carbocycles. The van der Waals surface area contributed by atoms with Crippen molar-refractivity contribution in [2.45, 2.75) is 89.4 Å². The second-order valence-corrected chi connectivity index (χ2v) is 32.3. The molecule has 12 rings (SSSR count). The van der Waals surface area contributed by atoms with Crippen LogP contribution >= 0.6 is 22.7 Å². The summed E-state index contributed by atoms with van der Waals surface area (Å²) >= 11 is 4.04. The van der Waals surface area contributed by atoms with Crippen molar-refractivity contribution in [3.63, 3.8) is 0 Å². The maximum Gasteiger partial charge on any atom is 0.113 e. The second-order valence-electron chi connectivity index (χ2n) is 21.7. The van der Waals surface area contributed by atoms with Gasteiger partial charge in [0.05, 0.1) is 21.9 Å². The Bertz CT molecular complexity index is 3070. The van der Waals surface area contributed by atoms with Crippen molar-refractivity contribution in [2.75, 3.05) is 0 Å². The smallest absolute Gasteiger partial charge is 0.113 e. The highest BCUT2D eigenvalue weighted by atomic mass is 32.1. The maximum absolute atomic E-state index is 2.68. The predicted molar refractivity (Wildman–Crippen MR) is 278 cm³/mol. The van der Waals surface area contributed by atoms with E-state index in [4.69, 9.17) is 0 Å². The minimum Gasteiger partial charge on any atom is -0.301 e. The van der Waals surface area contributed by atoms with Crippen LogP contribution in [0.5, 0.6) is 0 Å². The van der Waals surface area contributed by atoms with Crippen LogP contribution in [0.4, 0.5) is 0 Å². The van der Waals surface area contributed by atoms with Gasteiger partial charge >= 0.3 is 0 Å². The third-order valence-electron chi connectivity index (χ3n) is 15.6. The molecule has 5 heterocycles. The fourth-order valence-corrected chi connectivity index (χ4v) is 21.5. The van der Waals surface area contributed by atoms with Gasteiger partial charge < -0.3 is 4.57 Å². The van der Waals surface area contributed by atoms with Gasteiger partial charge in [0.15, 0.2) is 0 Å². The quantitative estimate of drug-likeness (QED) is 0.145. The molecule has 0 saturated carbocycles. The first-order chi connectivity index (χ1) is 30.0. The monoisotopic (exact) mass is 885 g/mol. The Labute approximate surface area is 383 Å². The molecule has 3 aliphatic rings. The molecule has 0 amide bonds. The first-order valence-corrected chi connectivity index (χ1v) is 30.4. The molecular weight excluding hydrogens is 831 g/mol. The van der Waals surface area contributed by atoms with E-state index in [1.165, 1.54) is 81.1 Å². The van der Waals surface area contributed by atoms with Gasteiger partial charge in [0.25, 0.3) is 0 Å². The van der Waals surface area contributed by atoms with Crippen LogP contribution < -0.4 is 20.7 Å². The topological polar surface area (TPSA) is 4.93 Å². The average molecular weight is 886 g/mol. The summed E-state index contributed by atoms with van der Waals surface area (Å²) in [6, 6.07) is 58.2. The number of hydrogen-bond donors (Lipinski definition) is 0. The highest BCUT2D eigenvalue weighted by Crippen LogP contribution is 2.64. The van der Waals surface area contributed by atoms with Crippen LogP contribution in [-0.4, -0.2) is 20.7 Å². The van der Waals surface area contributed by atoms with Crippen molar-refractivity contribution in [2.24, 2.45) is 0 Å². The molecule has 2 spiro atoms. The number of nitrogens with zero attached hydrogens (tertiary/aromatic N) is 1. The Morgan fingerprint density at radius 3 is 1.24 bits per heavy atom. The number of rotatable bonds is 1. The second kappa shape index (κ2) is 12.8. The number of thiophene rings is 2. The van der Waals surface area contributed by atoms with Gasteiger partial charge in [-0.05, 0) is 118 Å². The van der Waals surface area contributed by atoms with Crippen LogP contribution in [0.25, 0.3) is 26.8 Å². The van der Waals surface area contributed by atoms with Crippen molar-refractivity contribution in [1.82, 2.24) is 4.57 Å². The molecule has 312 valence electrons. The molecule has 2 aliphatic heterocycles. The summed E-state index contributed by atoms with van der Waals surface area (Å²) in [5, 5.41) is 12.6. The van der Waals surface area contributed by atoms with Gasteiger partial charge in [0.2, 0.25) is 0 Å². The molecule has 63 heavy (non-hydrogen) atoms. The largest absolute Gasteiger partial charge is 0.301 e. The van der Waals surface area contributed by atoms with Gasteiger partial charge in [0, 0.05) is 20.5 Å². The minimum atomic E-state index is -2.10. The van der Waals surface area contributed by atoms with Crippen LogP contribution in [0, 0.1) is 0 Å². The molecule has 0 saturated heterocycles. The van der Waals surface area contributed by atoms with E-state index in [2.05, 4.69) is 235 Å². The summed E-state index contributed by atoms with van der Waals surface area (Å²) in [7, 11) is -4.20. The van der Waals surface area contributed by atoms with Gasteiger partial charge in [-0.1, -0.05) is 177 Å². The standard InChI is InChI=1S/C58H55NS2Si2/c1-55(2,3)36-27-29-46-38(33-36)39-34-37(56(4,5)6)28-30-47(39)59(46)52-35-45-54(61-52)57(40-19-11-15-23-48(40)62(7,8)49-24-16-12-20-41(49)57)44-31-32-60-53(44)58(45)42-21-13-17-25-50(42)63(9,10)51-26-18-14-22-43(51)58/h11-35H,1-10H3. The molecule has 0 radical (unpaired) electrons. The zero-order valence-corrected chi connectivity index (χ0v) is 41.8.